The molecule has 70 valence electrons. The van der Waals surface area contributed by atoms with Crippen LogP contribution >= 0.6 is 0 Å². The third-order valence-corrected chi connectivity index (χ3v) is 2.13. The van der Waals surface area contributed by atoms with Crippen molar-refractivity contribution in [1.82, 2.24) is 4.98 Å². The van der Waals surface area contributed by atoms with Gasteiger partial charge in [-0.25, -0.2) is 4.98 Å². The van der Waals surface area contributed by atoms with Crippen molar-refractivity contribution in [2.45, 2.75) is 25.7 Å². The van der Waals surface area contributed by atoms with Crippen molar-refractivity contribution in [3.05, 3.63) is 17.8 Å². The van der Waals surface area contributed by atoms with Crippen molar-refractivity contribution in [2.75, 3.05) is 12.3 Å². The van der Waals surface area contributed by atoms with E-state index in [1.165, 1.54) is 12.8 Å². The van der Waals surface area contributed by atoms with E-state index >= 15 is 0 Å². The van der Waals surface area contributed by atoms with Crippen molar-refractivity contribution in [1.29, 1.82) is 0 Å². The Kier molecular flexibility index (Phi) is 2.08. The number of nitrogens with two attached hydrogens (primary N) is 1. The predicted molar refractivity (Wildman–Crippen MR) is 51.8 cm³/mol. The fourth-order valence-electron chi connectivity index (χ4n) is 1.36. The minimum absolute atomic E-state index is 0.628. The highest BCUT2D eigenvalue weighted by atomic mass is 16.5. The Morgan fingerprint density at radius 2 is 2.31 bits per heavy atom. The average Bonchev–Trinajstić information content (AvgIpc) is 2.85. The fourth-order valence-corrected chi connectivity index (χ4v) is 1.36. The number of anilines is 1. The van der Waals surface area contributed by atoms with Crippen LogP contribution < -0.4 is 10.5 Å². The van der Waals surface area contributed by atoms with Crippen molar-refractivity contribution in [2.24, 2.45) is 0 Å². The standard InChI is InChI=1S/C10H14N2O/c1-2-13-10-6-8(11)5-9(12-10)7-3-4-7/h5-7H,2-4H2,1H3,(H2,11,12). The predicted octanol–water partition coefficient (Wildman–Crippen LogP) is 1.94. The molecule has 1 aromatic rings. The summed E-state index contributed by atoms with van der Waals surface area (Å²) < 4.78 is 5.31. The van der Waals surface area contributed by atoms with Gasteiger partial charge in [0.1, 0.15) is 0 Å². The number of hydrogen-bond acceptors (Lipinski definition) is 3. The maximum Gasteiger partial charge on any atom is 0.215 e. The van der Waals surface area contributed by atoms with Crippen LogP contribution in [0.15, 0.2) is 12.1 Å². The first-order chi connectivity index (χ1) is 6.29. The number of nitrogens with zero attached hydrogens (tertiary/aromatic N) is 1. The zero-order chi connectivity index (χ0) is 9.26. The molecule has 1 aliphatic rings. The summed E-state index contributed by atoms with van der Waals surface area (Å²) in [7, 11) is 0. The van der Waals surface area contributed by atoms with Crippen LogP contribution in [0.1, 0.15) is 31.4 Å². The highest BCUT2D eigenvalue weighted by Crippen LogP contribution is 2.40. The highest BCUT2D eigenvalue weighted by molar-refractivity contribution is 5.44. The smallest absolute Gasteiger partial charge is 0.215 e. The lowest BCUT2D eigenvalue weighted by molar-refractivity contribution is 0.326. The average molecular weight is 178 g/mol. The molecule has 1 fully saturated rings. The van der Waals surface area contributed by atoms with Crippen LogP contribution in [0.25, 0.3) is 0 Å². The molecule has 1 aliphatic carbocycles. The van der Waals surface area contributed by atoms with Gasteiger partial charge >= 0.3 is 0 Å². The molecular weight excluding hydrogens is 164 g/mol. The molecule has 0 unspecified atom stereocenters. The van der Waals surface area contributed by atoms with Gasteiger partial charge in [-0.15, -0.1) is 0 Å². The molecule has 1 saturated carbocycles. The van der Waals surface area contributed by atoms with Gasteiger partial charge in [0, 0.05) is 23.4 Å². The quantitative estimate of drug-likeness (QED) is 0.769. The minimum Gasteiger partial charge on any atom is -0.478 e. The number of nitrogen functional groups attached to an aromatic ring is 1. The van der Waals surface area contributed by atoms with E-state index in [-0.39, 0.29) is 0 Å². The molecule has 0 amide bonds. The number of rotatable bonds is 3. The first-order valence-corrected chi connectivity index (χ1v) is 4.70. The molecule has 3 heteroatoms. The van der Waals surface area contributed by atoms with Crippen molar-refractivity contribution < 1.29 is 4.74 Å². The molecule has 0 aromatic carbocycles. The maximum atomic E-state index is 5.74. The lowest BCUT2D eigenvalue weighted by Gasteiger charge is -2.05. The van der Waals surface area contributed by atoms with Gasteiger partial charge in [-0.05, 0) is 25.8 Å². The molecule has 0 radical (unpaired) electrons. The Morgan fingerprint density at radius 1 is 1.54 bits per heavy atom. The van der Waals surface area contributed by atoms with Gasteiger partial charge in [0.2, 0.25) is 5.88 Å². The Morgan fingerprint density at radius 3 is 2.92 bits per heavy atom. The normalized spacial score (nSPS) is 15.8. The summed E-state index contributed by atoms with van der Waals surface area (Å²) in [5.74, 6) is 1.28. The summed E-state index contributed by atoms with van der Waals surface area (Å²) in [6.45, 7) is 2.59. The largest absolute Gasteiger partial charge is 0.478 e. The molecule has 2 rings (SSSR count). The number of hydrogen-bond donors (Lipinski definition) is 1. The second-order valence-corrected chi connectivity index (χ2v) is 3.37. The van der Waals surface area contributed by atoms with Crippen LogP contribution in [0.2, 0.25) is 0 Å². The topological polar surface area (TPSA) is 48.1 Å². The number of pyridine rings is 1. The number of ether oxygens (including phenoxy) is 1. The van der Waals surface area contributed by atoms with Gasteiger partial charge in [0.05, 0.1) is 6.61 Å². The van der Waals surface area contributed by atoms with Crippen molar-refractivity contribution in [3.8, 4) is 5.88 Å². The summed E-state index contributed by atoms with van der Waals surface area (Å²) in [6.07, 6.45) is 2.48. The van der Waals surface area contributed by atoms with Crippen LogP contribution in [0.4, 0.5) is 5.69 Å². The summed E-state index contributed by atoms with van der Waals surface area (Å²) in [5.41, 5.74) is 7.57. The van der Waals surface area contributed by atoms with Gasteiger partial charge in [-0.3, -0.25) is 0 Å². The Balaban J connectivity index is 2.25. The van der Waals surface area contributed by atoms with E-state index in [1.54, 1.807) is 6.07 Å². The first kappa shape index (κ1) is 8.35. The fraction of sp³-hybridized carbons (Fsp3) is 0.500. The summed E-state index contributed by atoms with van der Waals surface area (Å²) in [6, 6.07) is 3.72. The lowest BCUT2D eigenvalue weighted by Crippen LogP contribution is -1.99. The van der Waals surface area contributed by atoms with E-state index in [4.69, 9.17) is 10.5 Å². The van der Waals surface area contributed by atoms with Crippen molar-refractivity contribution in [3.63, 3.8) is 0 Å². The van der Waals surface area contributed by atoms with Gasteiger partial charge in [0.15, 0.2) is 0 Å². The lowest BCUT2D eigenvalue weighted by atomic mass is 10.2. The van der Waals surface area contributed by atoms with Gasteiger partial charge in [-0.1, -0.05) is 0 Å². The Labute approximate surface area is 77.9 Å². The summed E-state index contributed by atoms with van der Waals surface area (Å²) >= 11 is 0. The molecule has 3 nitrogen and oxygen atoms in total. The molecular formula is C10H14N2O. The van der Waals surface area contributed by atoms with Crippen LogP contribution in [0.5, 0.6) is 5.88 Å². The molecule has 1 heterocycles. The Bertz CT molecular complexity index is 308. The van der Waals surface area contributed by atoms with E-state index in [0.717, 1.165) is 11.4 Å². The summed E-state index contributed by atoms with van der Waals surface area (Å²) in [5, 5.41) is 0. The zero-order valence-electron chi connectivity index (χ0n) is 7.79. The second kappa shape index (κ2) is 3.24. The van der Waals surface area contributed by atoms with E-state index in [2.05, 4.69) is 4.98 Å². The second-order valence-electron chi connectivity index (χ2n) is 3.37. The molecule has 0 aliphatic heterocycles. The monoisotopic (exact) mass is 178 g/mol. The molecule has 2 N–H and O–H groups in total. The Hall–Kier alpha value is -1.25. The SMILES string of the molecule is CCOc1cc(N)cc(C2CC2)n1. The van der Waals surface area contributed by atoms with E-state index in [1.807, 2.05) is 13.0 Å². The van der Waals surface area contributed by atoms with Crippen LogP contribution in [-0.2, 0) is 0 Å². The molecule has 0 atom stereocenters. The third-order valence-electron chi connectivity index (χ3n) is 2.13. The molecule has 0 saturated heterocycles. The van der Waals surface area contributed by atoms with Gasteiger partial charge in [0.25, 0.3) is 0 Å². The van der Waals surface area contributed by atoms with Crippen LogP contribution in [0.3, 0.4) is 0 Å². The summed E-state index contributed by atoms with van der Waals surface area (Å²) in [4.78, 5) is 4.38. The zero-order valence-corrected chi connectivity index (χ0v) is 7.79. The maximum absolute atomic E-state index is 5.74. The highest BCUT2D eigenvalue weighted by Gasteiger charge is 2.25. The van der Waals surface area contributed by atoms with Gasteiger partial charge in [-0.2, -0.15) is 0 Å². The van der Waals surface area contributed by atoms with Crippen LogP contribution in [-0.4, -0.2) is 11.6 Å². The van der Waals surface area contributed by atoms with Crippen molar-refractivity contribution >= 4 is 5.69 Å². The van der Waals surface area contributed by atoms with E-state index in [0.29, 0.717) is 18.4 Å². The van der Waals surface area contributed by atoms with E-state index in [9.17, 15) is 0 Å². The minimum atomic E-state index is 0.628. The molecule has 0 spiro atoms. The molecule has 0 bridgehead atoms. The van der Waals surface area contributed by atoms with Crippen LogP contribution in [0, 0.1) is 0 Å². The third kappa shape index (κ3) is 1.91. The molecule has 1 aromatic heterocycles. The number of aromatic nitrogens is 1. The first-order valence-electron chi connectivity index (χ1n) is 4.70. The van der Waals surface area contributed by atoms with Gasteiger partial charge < -0.3 is 10.5 Å². The van der Waals surface area contributed by atoms with E-state index < -0.39 is 0 Å². The molecule has 13 heavy (non-hydrogen) atoms.